The van der Waals surface area contributed by atoms with Gasteiger partial charge in [-0.3, -0.25) is 4.79 Å². The van der Waals surface area contributed by atoms with Crippen LogP contribution in [-0.4, -0.2) is 5.91 Å². The van der Waals surface area contributed by atoms with E-state index in [9.17, 15) is 9.18 Å². The lowest BCUT2D eigenvalue weighted by molar-refractivity contribution is 0.102. The molecule has 1 aromatic carbocycles. The third kappa shape index (κ3) is 3.16. The molecule has 0 radical (unpaired) electrons. The van der Waals surface area contributed by atoms with E-state index in [4.69, 9.17) is 11.6 Å². The van der Waals surface area contributed by atoms with Crippen LogP contribution in [0.15, 0.2) is 28.1 Å². The highest BCUT2D eigenvalue weighted by molar-refractivity contribution is 9.10. The second kappa shape index (κ2) is 6.03. The SMILES string of the molecule is CCc1ccsc1C(=O)Nc1c(Cl)cc(F)cc1Br. The van der Waals surface area contributed by atoms with Crippen LogP contribution in [0.5, 0.6) is 0 Å². The third-order valence-corrected chi connectivity index (χ3v) is 4.46. The zero-order chi connectivity index (χ0) is 14.0. The zero-order valence-corrected chi connectivity index (χ0v) is 13.1. The largest absolute Gasteiger partial charge is 0.319 e. The Hall–Kier alpha value is -0.910. The molecule has 0 unspecified atom stereocenters. The van der Waals surface area contributed by atoms with Gasteiger partial charge >= 0.3 is 0 Å². The molecule has 1 aromatic heterocycles. The number of thiophene rings is 1. The summed E-state index contributed by atoms with van der Waals surface area (Å²) >= 11 is 10.5. The van der Waals surface area contributed by atoms with Crippen molar-refractivity contribution < 1.29 is 9.18 Å². The zero-order valence-electron chi connectivity index (χ0n) is 9.97. The summed E-state index contributed by atoms with van der Waals surface area (Å²) in [5.74, 6) is -0.693. The molecule has 0 saturated heterocycles. The second-order valence-corrected chi connectivity index (χ2v) is 6.00. The summed E-state index contributed by atoms with van der Waals surface area (Å²) in [6, 6.07) is 4.34. The quantitative estimate of drug-likeness (QED) is 0.807. The molecular weight excluding hydrogens is 353 g/mol. The molecule has 0 atom stereocenters. The lowest BCUT2D eigenvalue weighted by Crippen LogP contribution is -2.13. The maximum absolute atomic E-state index is 13.1. The van der Waals surface area contributed by atoms with Crippen molar-refractivity contribution >= 4 is 50.5 Å². The summed E-state index contributed by atoms with van der Waals surface area (Å²) in [7, 11) is 0. The Balaban J connectivity index is 2.29. The van der Waals surface area contributed by atoms with Gasteiger partial charge in [0.2, 0.25) is 0 Å². The molecular formula is C13H10BrClFNOS. The molecule has 0 fully saturated rings. The average Bonchev–Trinajstić information content (AvgIpc) is 2.81. The van der Waals surface area contributed by atoms with Gasteiger partial charge in [-0.2, -0.15) is 0 Å². The number of anilines is 1. The van der Waals surface area contributed by atoms with Gasteiger partial charge < -0.3 is 5.32 Å². The molecule has 0 bridgehead atoms. The number of aryl methyl sites for hydroxylation is 1. The van der Waals surface area contributed by atoms with E-state index in [2.05, 4.69) is 21.2 Å². The Morgan fingerprint density at radius 1 is 1.53 bits per heavy atom. The molecule has 0 spiro atoms. The molecule has 0 aliphatic heterocycles. The molecule has 1 N–H and O–H groups in total. The summed E-state index contributed by atoms with van der Waals surface area (Å²) in [6.07, 6.45) is 0.782. The lowest BCUT2D eigenvalue weighted by atomic mass is 10.2. The number of carbonyl (C=O) groups excluding carboxylic acids is 1. The van der Waals surface area contributed by atoms with E-state index in [0.29, 0.717) is 15.0 Å². The fraction of sp³-hybridized carbons (Fsp3) is 0.154. The number of nitrogens with one attached hydrogen (secondary N) is 1. The fourth-order valence-electron chi connectivity index (χ4n) is 1.65. The number of hydrogen-bond donors (Lipinski definition) is 1. The smallest absolute Gasteiger partial charge is 0.266 e. The molecule has 2 aromatic rings. The van der Waals surface area contributed by atoms with Crippen molar-refractivity contribution in [2.24, 2.45) is 0 Å². The first kappa shape index (κ1) is 14.5. The minimum atomic E-state index is -0.458. The maximum atomic E-state index is 13.1. The van der Waals surface area contributed by atoms with Crippen molar-refractivity contribution in [3.8, 4) is 0 Å². The van der Waals surface area contributed by atoms with Crippen LogP contribution in [-0.2, 0) is 6.42 Å². The van der Waals surface area contributed by atoms with Gasteiger partial charge in [-0.05, 0) is 51.5 Å². The van der Waals surface area contributed by atoms with E-state index < -0.39 is 5.82 Å². The standard InChI is InChI=1S/C13H10BrClFNOS/c1-2-7-3-4-19-12(7)13(18)17-11-9(14)5-8(16)6-10(11)15/h3-6H,2H2,1H3,(H,17,18). The normalized spacial score (nSPS) is 10.5. The topological polar surface area (TPSA) is 29.1 Å². The predicted octanol–water partition coefficient (Wildman–Crippen LogP) is 5.12. The van der Waals surface area contributed by atoms with Crippen LogP contribution >= 0.6 is 38.9 Å². The van der Waals surface area contributed by atoms with Crippen LogP contribution in [0.3, 0.4) is 0 Å². The molecule has 19 heavy (non-hydrogen) atoms. The van der Waals surface area contributed by atoms with E-state index in [1.54, 1.807) is 0 Å². The monoisotopic (exact) mass is 361 g/mol. The number of rotatable bonds is 3. The molecule has 0 aliphatic rings. The Bertz CT molecular complexity index is 606. The first-order chi connectivity index (χ1) is 9.02. The van der Waals surface area contributed by atoms with Crippen LogP contribution in [0.1, 0.15) is 22.2 Å². The average molecular weight is 363 g/mol. The molecule has 100 valence electrons. The fourth-order valence-corrected chi connectivity index (χ4v) is 3.43. The van der Waals surface area contributed by atoms with Gasteiger partial charge in [-0.1, -0.05) is 18.5 Å². The number of carbonyl (C=O) groups is 1. The Labute approximate surface area is 127 Å². The first-order valence-corrected chi connectivity index (χ1v) is 7.60. The van der Waals surface area contributed by atoms with Gasteiger partial charge in [0.1, 0.15) is 5.82 Å². The summed E-state index contributed by atoms with van der Waals surface area (Å²) < 4.78 is 13.5. The van der Waals surface area contributed by atoms with Crippen LogP contribution in [0.4, 0.5) is 10.1 Å². The first-order valence-electron chi connectivity index (χ1n) is 5.55. The third-order valence-electron chi connectivity index (χ3n) is 2.58. The van der Waals surface area contributed by atoms with Crippen molar-refractivity contribution in [3.63, 3.8) is 0 Å². The van der Waals surface area contributed by atoms with E-state index in [1.165, 1.54) is 17.4 Å². The Morgan fingerprint density at radius 3 is 2.89 bits per heavy atom. The van der Waals surface area contributed by atoms with Gasteiger partial charge in [-0.15, -0.1) is 11.3 Å². The van der Waals surface area contributed by atoms with Crippen molar-refractivity contribution in [1.82, 2.24) is 0 Å². The Morgan fingerprint density at radius 2 is 2.26 bits per heavy atom. The van der Waals surface area contributed by atoms with Crippen molar-refractivity contribution in [2.75, 3.05) is 5.32 Å². The number of amides is 1. The van der Waals surface area contributed by atoms with Gasteiger partial charge in [0.25, 0.3) is 5.91 Å². The predicted molar refractivity (Wildman–Crippen MR) is 80.8 cm³/mol. The lowest BCUT2D eigenvalue weighted by Gasteiger charge is -2.09. The van der Waals surface area contributed by atoms with E-state index in [1.807, 2.05) is 18.4 Å². The summed E-state index contributed by atoms with van der Waals surface area (Å²) in [5.41, 5.74) is 1.36. The van der Waals surface area contributed by atoms with E-state index in [0.717, 1.165) is 18.1 Å². The van der Waals surface area contributed by atoms with Crippen LogP contribution in [0.25, 0.3) is 0 Å². The molecule has 2 rings (SSSR count). The molecule has 1 amide bonds. The van der Waals surface area contributed by atoms with Crippen LogP contribution < -0.4 is 5.32 Å². The minimum absolute atomic E-state index is 0.162. The molecule has 0 saturated carbocycles. The Kier molecular flexibility index (Phi) is 4.60. The molecule has 2 nitrogen and oxygen atoms in total. The van der Waals surface area contributed by atoms with Crippen molar-refractivity contribution in [2.45, 2.75) is 13.3 Å². The minimum Gasteiger partial charge on any atom is -0.319 e. The maximum Gasteiger partial charge on any atom is 0.266 e. The molecule has 6 heteroatoms. The highest BCUT2D eigenvalue weighted by Crippen LogP contribution is 2.32. The second-order valence-electron chi connectivity index (χ2n) is 3.83. The van der Waals surface area contributed by atoms with Gasteiger partial charge in [-0.25, -0.2) is 4.39 Å². The highest BCUT2D eigenvalue weighted by Gasteiger charge is 2.16. The van der Waals surface area contributed by atoms with Gasteiger partial charge in [0.05, 0.1) is 15.6 Å². The van der Waals surface area contributed by atoms with E-state index in [-0.39, 0.29) is 10.9 Å². The van der Waals surface area contributed by atoms with Crippen LogP contribution in [0, 0.1) is 5.82 Å². The van der Waals surface area contributed by atoms with Gasteiger partial charge in [0, 0.05) is 4.47 Å². The molecule has 0 aliphatic carbocycles. The summed E-state index contributed by atoms with van der Waals surface area (Å²) in [4.78, 5) is 12.8. The van der Waals surface area contributed by atoms with Crippen molar-refractivity contribution in [3.05, 3.63) is 49.3 Å². The number of benzene rings is 1. The van der Waals surface area contributed by atoms with E-state index >= 15 is 0 Å². The molecule has 1 heterocycles. The summed E-state index contributed by atoms with van der Waals surface area (Å²) in [5, 5.41) is 4.74. The number of hydrogen-bond acceptors (Lipinski definition) is 2. The highest BCUT2D eigenvalue weighted by atomic mass is 79.9. The summed E-state index contributed by atoms with van der Waals surface area (Å²) in [6.45, 7) is 1.99. The van der Waals surface area contributed by atoms with Crippen molar-refractivity contribution in [1.29, 1.82) is 0 Å². The van der Waals surface area contributed by atoms with Gasteiger partial charge in [0.15, 0.2) is 0 Å². The number of halogens is 3. The van der Waals surface area contributed by atoms with Crippen LogP contribution in [0.2, 0.25) is 5.02 Å².